The Bertz CT molecular complexity index is 528. The van der Waals surface area contributed by atoms with Crippen molar-refractivity contribution in [3.8, 4) is 0 Å². The zero-order valence-electron chi connectivity index (χ0n) is 9.28. The van der Waals surface area contributed by atoms with Crippen molar-refractivity contribution in [3.63, 3.8) is 0 Å². The van der Waals surface area contributed by atoms with Crippen LogP contribution in [0.4, 0.5) is 4.39 Å². The van der Waals surface area contributed by atoms with Gasteiger partial charge < -0.3 is 0 Å². The lowest BCUT2D eigenvalue weighted by atomic mass is 10.2. The van der Waals surface area contributed by atoms with Gasteiger partial charge in [0.2, 0.25) is 10.0 Å². The first-order chi connectivity index (χ1) is 7.90. The number of hydrogen-bond donors (Lipinski definition) is 1. The largest absolute Gasteiger partial charge is 0.241 e. The Balaban J connectivity index is 2.24. The lowest BCUT2D eigenvalue weighted by Crippen LogP contribution is -2.34. The van der Waals surface area contributed by atoms with Crippen LogP contribution in [0.3, 0.4) is 0 Å². The van der Waals surface area contributed by atoms with Gasteiger partial charge in [-0.1, -0.05) is 0 Å². The summed E-state index contributed by atoms with van der Waals surface area (Å²) >= 11 is 3.07. The third-order valence-electron chi connectivity index (χ3n) is 2.85. The first-order valence-electron chi connectivity index (χ1n) is 5.37. The van der Waals surface area contributed by atoms with Gasteiger partial charge in [0, 0.05) is 10.5 Å². The lowest BCUT2D eigenvalue weighted by molar-refractivity contribution is 0.537. The Morgan fingerprint density at radius 2 is 2.12 bits per heavy atom. The zero-order valence-corrected chi connectivity index (χ0v) is 11.7. The summed E-state index contributed by atoms with van der Waals surface area (Å²) in [6.07, 6.45) is 2.13. The second-order valence-corrected chi connectivity index (χ2v) is 6.86. The van der Waals surface area contributed by atoms with E-state index in [2.05, 4.69) is 20.7 Å². The molecule has 1 N–H and O–H groups in total. The molecule has 0 heterocycles. The van der Waals surface area contributed by atoms with E-state index in [1.165, 1.54) is 6.07 Å². The van der Waals surface area contributed by atoms with Gasteiger partial charge in [0.15, 0.2) is 0 Å². The van der Waals surface area contributed by atoms with Crippen LogP contribution in [-0.2, 0) is 10.0 Å². The minimum atomic E-state index is -3.58. The summed E-state index contributed by atoms with van der Waals surface area (Å²) in [5, 5.41) is 0. The molecule has 0 amide bonds. The van der Waals surface area contributed by atoms with Gasteiger partial charge in [-0.3, -0.25) is 0 Å². The summed E-state index contributed by atoms with van der Waals surface area (Å²) in [5.41, 5.74) is 0. The number of hydrogen-bond acceptors (Lipinski definition) is 2. The van der Waals surface area contributed by atoms with Gasteiger partial charge in [0.05, 0.1) is 4.90 Å². The molecule has 2 rings (SSSR count). The van der Waals surface area contributed by atoms with Gasteiger partial charge in [0.25, 0.3) is 0 Å². The molecule has 0 radical (unpaired) electrons. The summed E-state index contributed by atoms with van der Waals surface area (Å²) < 4.78 is 39.8. The molecular formula is C11H13BrFNO2S. The molecule has 0 spiro atoms. The fourth-order valence-electron chi connectivity index (χ4n) is 1.69. The van der Waals surface area contributed by atoms with Crippen molar-refractivity contribution in [1.82, 2.24) is 4.72 Å². The molecule has 94 valence electrons. The Kier molecular flexibility index (Phi) is 3.56. The van der Waals surface area contributed by atoms with E-state index in [0.29, 0.717) is 5.92 Å². The Hall–Kier alpha value is -0.460. The molecule has 1 aliphatic carbocycles. The molecule has 17 heavy (non-hydrogen) atoms. The van der Waals surface area contributed by atoms with Crippen molar-refractivity contribution in [2.24, 2.45) is 5.92 Å². The minimum Gasteiger partial charge on any atom is -0.208 e. The van der Waals surface area contributed by atoms with Crippen molar-refractivity contribution in [2.45, 2.75) is 30.7 Å². The topological polar surface area (TPSA) is 46.2 Å². The molecule has 1 aromatic rings. The molecule has 0 aromatic heterocycles. The fraction of sp³-hybridized carbons (Fsp3) is 0.455. The van der Waals surface area contributed by atoms with Crippen LogP contribution >= 0.6 is 15.9 Å². The summed E-state index contributed by atoms with van der Waals surface area (Å²) in [7, 11) is -3.58. The van der Waals surface area contributed by atoms with E-state index < -0.39 is 15.8 Å². The van der Waals surface area contributed by atoms with Crippen molar-refractivity contribution in [1.29, 1.82) is 0 Å². The summed E-state index contributed by atoms with van der Waals surface area (Å²) in [5.74, 6) is -0.0323. The van der Waals surface area contributed by atoms with Crippen LogP contribution in [0.2, 0.25) is 0 Å². The molecule has 3 nitrogen and oxygen atoms in total. The molecule has 0 bridgehead atoms. The van der Waals surface area contributed by atoms with Gasteiger partial charge in [-0.2, -0.15) is 0 Å². The number of nitrogens with one attached hydrogen (secondary N) is 1. The SMILES string of the molecule is CC(NS(=O)(=O)c1ccc(F)cc1Br)C1CC1. The van der Waals surface area contributed by atoms with E-state index >= 15 is 0 Å². The van der Waals surface area contributed by atoms with E-state index in [9.17, 15) is 12.8 Å². The molecule has 0 saturated heterocycles. The van der Waals surface area contributed by atoms with Crippen LogP contribution in [0.5, 0.6) is 0 Å². The predicted molar refractivity (Wildman–Crippen MR) is 66.6 cm³/mol. The maximum Gasteiger partial charge on any atom is 0.241 e. The number of rotatable bonds is 4. The Labute approximate surface area is 109 Å². The van der Waals surface area contributed by atoms with Crippen LogP contribution in [0.25, 0.3) is 0 Å². The molecule has 1 aromatic carbocycles. The Morgan fingerprint density at radius 3 is 2.65 bits per heavy atom. The summed E-state index contributed by atoms with van der Waals surface area (Å²) in [6.45, 7) is 1.85. The highest BCUT2D eigenvalue weighted by Crippen LogP contribution is 2.33. The highest BCUT2D eigenvalue weighted by atomic mass is 79.9. The van der Waals surface area contributed by atoms with Gasteiger partial charge in [-0.25, -0.2) is 17.5 Å². The van der Waals surface area contributed by atoms with Crippen LogP contribution in [0, 0.1) is 11.7 Å². The third-order valence-corrected chi connectivity index (χ3v) is 5.39. The Morgan fingerprint density at radius 1 is 1.47 bits per heavy atom. The van der Waals surface area contributed by atoms with Crippen LogP contribution in [0.1, 0.15) is 19.8 Å². The van der Waals surface area contributed by atoms with Crippen molar-refractivity contribution < 1.29 is 12.8 Å². The fourth-order valence-corrected chi connectivity index (χ4v) is 4.06. The number of sulfonamides is 1. The van der Waals surface area contributed by atoms with Gasteiger partial charge in [-0.15, -0.1) is 0 Å². The van der Waals surface area contributed by atoms with Crippen molar-refractivity contribution in [3.05, 3.63) is 28.5 Å². The quantitative estimate of drug-likeness (QED) is 0.926. The molecule has 1 atom stereocenters. The highest BCUT2D eigenvalue weighted by molar-refractivity contribution is 9.10. The number of halogens is 2. The minimum absolute atomic E-state index is 0.0723. The van der Waals surface area contributed by atoms with Crippen LogP contribution < -0.4 is 4.72 Å². The van der Waals surface area contributed by atoms with E-state index in [1.54, 1.807) is 0 Å². The molecule has 1 fully saturated rings. The standard InChI is InChI=1S/C11H13BrFNO2S/c1-7(8-2-3-8)14-17(15,16)11-5-4-9(13)6-10(11)12/h4-8,14H,2-3H2,1H3. The monoisotopic (exact) mass is 321 g/mol. The second kappa shape index (κ2) is 4.66. The van der Waals surface area contributed by atoms with Crippen molar-refractivity contribution >= 4 is 26.0 Å². The lowest BCUT2D eigenvalue weighted by Gasteiger charge is -2.14. The molecule has 1 unspecified atom stereocenters. The average Bonchev–Trinajstić information content (AvgIpc) is 2.98. The first kappa shape index (κ1) is 13.0. The maximum atomic E-state index is 12.9. The smallest absolute Gasteiger partial charge is 0.208 e. The number of benzene rings is 1. The predicted octanol–water partition coefficient (Wildman–Crippen LogP) is 2.67. The van der Waals surface area contributed by atoms with E-state index in [0.717, 1.165) is 25.0 Å². The van der Waals surface area contributed by atoms with Gasteiger partial charge in [-0.05, 0) is 59.8 Å². The van der Waals surface area contributed by atoms with E-state index in [4.69, 9.17) is 0 Å². The van der Waals surface area contributed by atoms with E-state index in [-0.39, 0.29) is 15.4 Å². The zero-order chi connectivity index (χ0) is 12.6. The summed E-state index contributed by atoms with van der Waals surface area (Å²) in [6, 6.07) is 3.48. The molecule has 0 aliphatic heterocycles. The normalized spacial score (nSPS) is 18.1. The highest BCUT2D eigenvalue weighted by Gasteiger charge is 2.31. The third kappa shape index (κ3) is 3.05. The van der Waals surface area contributed by atoms with Crippen LogP contribution in [0.15, 0.2) is 27.6 Å². The molecule has 1 saturated carbocycles. The second-order valence-electron chi connectivity index (χ2n) is 4.32. The van der Waals surface area contributed by atoms with Crippen LogP contribution in [-0.4, -0.2) is 14.5 Å². The van der Waals surface area contributed by atoms with E-state index in [1.807, 2.05) is 6.92 Å². The van der Waals surface area contributed by atoms with Gasteiger partial charge in [0.1, 0.15) is 5.82 Å². The molecule has 6 heteroatoms. The summed E-state index contributed by atoms with van der Waals surface area (Å²) in [4.78, 5) is 0.0754. The molecule has 1 aliphatic rings. The maximum absolute atomic E-state index is 12.9. The van der Waals surface area contributed by atoms with Crippen molar-refractivity contribution in [2.75, 3.05) is 0 Å². The van der Waals surface area contributed by atoms with Gasteiger partial charge >= 0.3 is 0 Å². The molecular weight excluding hydrogens is 309 g/mol. The first-order valence-corrected chi connectivity index (χ1v) is 7.65. The average molecular weight is 322 g/mol.